The average molecular weight is 401 g/mol. The van der Waals surface area contributed by atoms with Crippen LogP contribution in [0.4, 0.5) is 0 Å². The molecular formula is C23H32N2O4. The highest BCUT2D eigenvalue weighted by Crippen LogP contribution is 2.47. The molecule has 158 valence electrons. The fourth-order valence-electron chi connectivity index (χ4n) is 5.03. The molecule has 0 unspecified atom stereocenters. The van der Waals surface area contributed by atoms with E-state index in [9.17, 15) is 9.90 Å². The number of nitrogens with zero attached hydrogens (tertiary/aromatic N) is 2. The van der Waals surface area contributed by atoms with E-state index in [2.05, 4.69) is 12.1 Å². The maximum atomic E-state index is 13.6. The van der Waals surface area contributed by atoms with Crippen molar-refractivity contribution >= 4 is 11.5 Å². The summed E-state index contributed by atoms with van der Waals surface area (Å²) in [4.78, 5) is 25.1. The van der Waals surface area contributed by atoms with Crippen LogP contribution in [0.5, 0.6) is 0 Å². The summed E-state index contributed by atoms with van der Waals surface area (Å²) in [5.41, 5.74) is 3.58. The van der Waals surface area contributed by atoms with Gasteiger partial charge in [0.15, 0.2) is 0 Å². The van der Waals surface area contributed by atoms with Gasteiger partial charge in [-0.3, -0.25) is 9.63 Å². The van der Waals surface area contributed by atoms with Crippen LogP contribution in [-0.2, 0) is 14.5 Å². The molecule has 6 nitrogen and oxygen atoms in total. The summed E-state index contributed by atoms with van der Waals surface area (Å²) in [5.74, 6) is 0.442. The second-order valence-electron chi connectivity index (χ2n) is 8.83. The third kappa shape index (κ3) is 3.37. The lowest BCUT2D eigenvalue weighted by Gasteiger charge is -2.43. The second-order valence-corrected chi connectivity index (χ2v) is 8.83. The number of aliphatic hydroxyl groups is 1. The number of aryl methyl sites for hydroxylation is 3. The van der Waals surface area contributed by atoms with Gasteiger partial charge in [0.2, 0.25) is 0 Å². The first-order valence-electron chi connectivity index (χ1n) is 10.7. The van der Waals surface area contributed by atoms with Gasteiger partial charge in [0.25, 0.3) is 5.91 Å². The number of hydrogen-bond donors (Lipinski definition) is 1. The molecule has 1 aromatic rings. The number of amides is 1. The van der Waals surface area contributed by atoms with Crippen LogP contribution in [0.25, 0.3) is 5.57 Å². The molecule has 0 aromatic heterocycles. The fourth-order valence-corrected chi connectivity index (χ4v) is 5.03. The number of carbonyl (C=O) groups is 1. The Labute approximate surface area is 173 Å². The largest absolute Gasteiger partial charge is 0.509 e. The van der Waals surface area contributed by atoms with Gasteiger partial charge in [-0.1, -0.05) is 24.1 Å². The lowest BCUT2D eigenvalue weighted by molar-refractivity contribution is -0.238. The SMILES string of the molecule is CON1CCC2(CC1)C(O)=C(c1c(C)cc(C)cc1C)C(=O)N2OCC1CCC1. The van der Waals surface area contributed by atoms with Crippen LogP contribution in [-0.4, -0.2) is 53.5 Å². The first-order valence-corrected chi connectivity index (χ1v) is 10.7. The molecule has 2 heterocycles. The van der Waals surface area contributed by atoms with E-state index in [4.69, 9.17) is 9.68 Å². The van der Waals surface area contributed by atoms with E-state index >= 15 is 0 Å². The molecule has 4 rings (SSSR count). The quantitative estimate of drug-likeness (QED) is 0.813. The number of hydrogen-bond acceptors (Lipinski definition) is 5. The summed E-state index contributed by atoms with van der Waals surface area (Å²) in [6.07, 6.45) is 4.68. The second kappa shape index (κ2) is 7.74. The van der Waals surface area contributed by atoms with Crippen molar-refractivity contribution in [1.29, 1.82) is 0 Å². The van der Waals surface area contributed by atoms with E-state index in [0.29, 0.717) is 44.0 Å². The molecule has 29 heavy (non-hydrogen) atoms. The van der Waals surface area contributed by atoms with Crippen LogP contribution in [0.1, 0.15) is 54.4 Å². The lowest BCUT2D eigenvalue weighted by Crippen LogP contribution is -2.55. The Bertz CT molecular complexity index is 812. The van der Waals surface area contributed by atoms with Gasteiger partial charge in [0.05, 0.1) is 19.3 Å². The molecule has 2 fully saturated rings. The van der Waals surface area contributed by atoms with Gasteiger partial charge in [-0.05, 0) is 69.1 Å². The van der Waals surface area contributed by atoms with Gasteiger partial charge in [0.1, 0.15) is 11.3 Å². The fraction of sp³-hybridized carbons (Fsp3) is 0.609. The molecule has 0 atom stereocenters. The molecule has 0 bridgehead atoms. The minimum absolute atomic E-state index is 0.155. The summed E-state index contributed by atoms with van der Waals surface area (Å²) >= 11 is 0. The van der Waals surface area contributed by atoms with Crippen LogP contribution in [0, 0.1) is 26.7 Å². The van der Waals surface area contributed by atoms with Crippen LogP contribution < -0.4 is 0 Å². The predicted molar refractivity (Wildman–Crippen MR) is 111 cm³/mol. The van der Waals surface area contributed by atoms with Crippen molar-refractivity contribution in [3.8, 4) is 0 Å². The number of rotatable bonds is 5. The zero-order chi connectivity index (χ0) is 20.8. The highest BCUT2D eigenvalue weighted by Gasteiger charge is 2.55. The van der Waals surface area contributed by atoms with E-state index in [1.807, 2.05) is 25.8 Å². The van der Waals surface area contributed by atoms with Crippen molar-refractivity contribution in [1.82, 2.24) is 10.1 Å². The summed E-state index contributed by atoms with van der Waals surface area (Å²) in [5, 5.41) is 14.8. The first-order chi connectivity index (χ1) is 13.9. The predicted octanol–water partition coefficient (Wildman–Crippen LogP) is 3.85. The summed E-state index contributed by atoms with van der Waals surface area (Å²) in [6, 6.07) is 4.13. The van der Waals surface area contributed by atoms with E-state index < -0.39 is 5.54 Å². The maximum absolute atomic E-state index is 13.6. The molecule has 1 spiro atoms. The molecule has 6 heteroatoms. The van der Waals surface area contributed by atoms with Gasteiger partial charge in [0, 0.05) is 13.1 Å². The minimum atomic E-state index is -0.811. The maximum Gasteiger partial charge on any atom is 0.282 e. The highest BCUT2D eigenvalue weighted by atomic mass is 16.7. The van der Waals surface area contributed by atoms with Crippen molar-refractivity contribution in [3.05, 3.63) is 40.1 Å². The number of benzene rings is 1. The number of carbonyl (C=O) groups excluding carboxylic acids is 1. The van der Waals surface area contributed by atoms with E-state index in [-0.39, 0.29) is 11.7 Å². The molecule has 1 amide bonds. The van der Waals surface area contributed by atoms with Crippen molar-refractivity contribution in [2.45, 2.75) is 58.4 Å². The van der Waals surface area contributed by atoms with E-state index in [1.165, 1.54) is 11.5 Å². The number of aliphatic hydroxyl groups excluding tert-OH is 1. The molecule has 2 aliphatic heterocycles. The van der Waals surface area contributed by atoms with Crippen molar-refractivity contribution in [2.24, 2.45) is 5.92 Å². The summed E-state index contributed by atoms with van der Waals surface area (Å²) in [6.45, 7) is 7.85. The molecular weight excluding hydrogens is 368 g/mol. The smallest absolute Gasteiger partial charge is 0.282 e. The Kier molecular flexibility index (Phi) is 5.44. The standard InChI is InChI=1S/C23H32N2O4/c1-15-12-16(2)19(17(3)13-15)20-21(26)23(8-10-24(28-4)11-9-23)25(22(20)27)29-14-18-6-5-7-18/h12-13,18,26H,5-11,14H2,1-4H3. The topological polar surface area (TPSA) is 62.2 Å². The van der Waals surface area contributed by atoms with Crippen molar-refractivity contribution in [2.75, 3.05) is 26.8 Å². The zero-order valence-electron chi connectivity index (χ0n) is 18.0. The Hall–Kier alpha value is -1.89. The summed E-state index contributed by atoms with van der Waals surface area (Å²) in [7, 11) is 1.66. The monoisotopic (exact) mass is 400 g/mol. The lowest BCUT2D eigenvalue weighted by atomic mass is 9.84. The normalized spacial score (nSPS) is 22.6. The molecule has 1 N–H and O–H groups in total. The highest BCUT2D eigenvalue weighted by molar-refractivity contribution is 6.23. The first kappa shape index (κ1) is 20.4. The van der Waals surface area contributed by atoms with Crippen LogP contribution in [0.3, 0.4) is 0 Å². The van der Waals surface area contributed by atoms with Gasteiger partial charge in [-0.25, -0.2) is 5.06 Å². The van der Waals surface area contributed by atoms with Crippen LogP contribution in [0.2, 0.25) is 0 Å². The van der Waals surface area contributed by atoms with Gasteiger partial charge >= 0.3 is 0 Å². The van der Waals surface area contributed by atoms with E-state index in [1.54, 1.807) is 7.11 Å². The van der Waals surface area contributed by atoms with Crippen LogP contribution >= 0.6 is 0 Å². The minimum Gasteiger partial charge on any atom is -0.509 e. The Balaban J connectivity index is 1.73. The van der Waals surface area contributed by atoms with Crippen molar-refractivity contribution in [3.63, 3.8) is 0 Å². The zero-order valence-corrected chi connectivity index (χ0v) is 18.0. The summed E-state index contributed by atoms with van der Waals surface area (Å²) < 4.78 is 0. The molecule has 1 saturated heterocycles. The van der Waals surface area contributed by atoms with Gasteiger partial charge in [-0.2, -0.15) is 5.06 Å². The number of hydroxylamine groups is 4. The third-order valence-electron chi connectivity index (χ3n) is 6.86. The third-order valence-corrected chi connectivity index (χ3v) is 6.86. The molecule has 1 aliphatic carbocycles. The molecule has 3 aliphatic rings. The number of piperidine rings is 1. The Morgan fingerprint density at radius 1 is 1.14 bits per heavy atom. The average Bonchev–Trinajstić information content (AvgIpc) is 2.83. The van der Waals surface area contributed by atoms with E-state index in [0.717, 1.165) is 35.1 Å². The van der Waals surface area contributed by atoms with Gasteiger partial charge < -0.3 is 9.94 Å². The molecule has 1 aromatic carbocycles. The van der Waals surface area contributed by atoms with Crippen molar-refractivity contribution < 1.29 is 19.6 Å². The van der Waals surface area contributed by atoms with Gasteiger partial charge in [-0.15, -0.1) is 0 Å². The van der Waals surface area contributed by atoms with Crippen LogP contribution in [0.15, 0.2) is 17.9 Å². The Morgan fingerprint density at radius 3 is 2.28 bits per heavy atom. The Morgan fingerprint density at radius 2 is 1.76 bits per heavy atom. The molecule has 1 saturated carbocycles. The molecule has 0 radical (unpaired) electrons.